The summed E-state index contributed by atoms with van der Waals surface area (Å²) in [4.78, 5) is 35.8. The minimum Gasteiger partial charge on any atom is -0.496 e. The highest BCUT2D eigenvalue weighted by molar-refractivity contribution is 5.98. The molecule has 1 fully saturated rings. The van der Waals surface area contributed by atoms with Crippen molar-refractivity contribution in [2.75, 3.05) is 13.7 Å². The van der Waals surface area contributed by atoms with Crippen molar-refractivity contribution in [3.63, 3.8) is 0 Å². The Labute approximate surface area is 132 Å². The van der Waals surface area contributed by atoms with Crippen LogP contribution in [0, 0.1) is 17.0 Å². The second kappa shape index (κ2) is 6.64. The number of hydrogen-bond acceptors (Lipinski definition) is 5. The number of aliphatic carboxylic acids is 1. The molecule has 1 unspecified atom stereocenters. The van der Waals surface area contributed by atoms with E-state index in [4.69, 9.17) is 4.74 Å². The Balaban J connectivity index is 2.44. The second-order valence-corrected chi connectivity index (χ2v) is 5.43. The van der Waals surface area contributed by atoms with Gasteiger partial charge in [0.15, 0.2) is 0 Å². The Morgan fingerprint density at radius 3 is 2.65 bits per heavy atom. The summed E-state index contributed by atoms with van der Waals surface area (Å²) in [6.45, 7) is 1.85. The van der Waals surface area contributed by atoms with Gasteiger partial charge in [-0.1, -0.05) is 0 Å². The maximum absolute atomic E-state index is 12.7. The molecule has 1 aliphatic heterocycles. The first-order valence-corrected chi connectivity index (χ1v) is 7.23. The Bertz CT molecular complexity index is 658. The van der Waals surface area contributed by atoms with Crippen LogP contribution in [0.3, 0.4) is 0 Å². The number of carboxylic acids is 1. The number of nitrogens with zero attached hydrogens (tertiary/aromatic N) is 2. The van der Waals surface area contributed by atoms with Crippen LogP contribution in [0.4, 0.5) is 5.69 Å². The number of nitro benzene ring substituents is 1. The van der Waals surface area contributed by atoms with Crippen LogP contribution in [-0.2, 0) is 4.79 Å². The normalized spacial score (nSPS) is 17.7. The van der Waals surface area contributed by atoms with Crippen molar-refractivity contribution in [3.05, 3.63) is 33.4 Å². The van der Waals surface area contributed by atoms with E-state index in [-0.39, 0.29) is 17.0 Å². The standard InChI is InChI=1S/C15H18N2O6/c1-9-12(17(21)22)7-10(8-13(9)23-2)14(18)16-6-4-3-5-11(16)15(19)20/h7-8,11H,3-6H2,1-2H3,(H,19,20). The number of nitro groups is 1. The molecule has 1 aliphatic rings. The van der Waals surface area contributed by atoms with Gasteiger partial charge < -0.3 is 14.7 Å². The lowest BCUT2D eigenvalue weighted by molar-refractivity contribution is -0.385. The lowest BCUT2D eigenvalue weighted by atomic mass is 10.00. The first-order valence-electron chi connectivity index (χ1n) is 7.23. The van der Waals surface area contributed by atoms with Gasteiger partial charge in [-0.05, 0) is 32.3 Å². The van der Waals surface area contributed by atoms with E-state index in [9.17, 15) is 24.8 Å². The van der Waals surface area contributed by atoms with E-state index in [1.807, 2.05) is 0 Å². The van der Waals surface area contributed by atoms with Crippen LogP contribution >= 0.6 is 0 Å². The number of hydrogen-bond donors (Lipinski definition) is 1. The predicted molar refractivity (Wildman–Crippen MR) is 80.7 cm³/mol. The highest BCUT2D eigenvalue weighted by Gasteiger charge is 2.33. The van der Waals surface area contributed by atoms with Crippen molar-refractivity contribution in [1.82, 2.24) is 4.90 Å². The molecule has 0 aliphatic carbocycles. The highest BCUT2D eigenvalue weighted by atomic mass is 16.6. The van der Waals surface area contributed by atoms with Gasteiger partial charge in [-0.2, -0.15) is 0 Å². The molecule has 2 rings (SSSR count). The molecule has 0 spiro atoms. The van der Waals surface area contributed by atoms with Crippen LogP contribution in [0.5, 0.6) is 5.75 Å². The number of rotatable bonds is 4. The summed E-state index contributed by atoms with van der Waals surface area (Å²) in [6, 6.07) is 1.69. The second-order valence-electron chi connectivity index (χ2n) is 5.43. The summed E-state index contributed by atoms with van der Waals surface area (Å²) in [5, 5.41) is 20.4. The number of likely N-dealkylation sites (tertiary alicyclic amines) is 1. The lowest BCUT2D eigenvalue weighted by Crippen LogP contribution is -2.48. The van der Waals surface area contributed by atoms with Crippen molar-refractivity contribution in [1.29, 1.82) is 0 Å². The molecular formula is C15H18N2O6. The smallest absolute Gasteiger partial charge is 0.326 e. The predicted octanol–water partition coefficient (Wildman–Crippen LogP) is 1.99. The molecule has 0 radical (unpaired) electrons. The van der Waals surface area contributed by atoms with Gasteiger partial charge in [-0.15, -0.1) is 0 Å². The SMILES string of the molecule is COc1cc(C(=O)N2CCCCC2C(=O)O)cc([N+](=O)[O-])c1C. The van der Waals surface area contributed by atoms with Gasteiger partial charge in [0, 0.05) is 12.6 Å². The number of piperidine rings is 1. The molecule has 1 atom stereocenters. The summed E-state index contributed by atoms with van der Waals surface area (Å²) in [5.41, 5.74) is 0.159. The molecule has 1 saturated heterocycles. The summed E-state index contributed by atoms with van der Waals surface area (Å²) >= 11 is 0. The van der Waals surface area contributed by atoms with Gasteiger partial charge >= 0.3 is 5.97 Å². The van der Waals surface area contributed by atoms with E-state index in [1.165, 1.54) is 31.1 Å². The Hall–Kier alpha value is -2.64. The van der Waals surface area contributed by atoms with Gasteiger partial charge in [0.05, 0.1) is 23.2 Å². The van der Waals surface area contributed by atoms with Crippen molar-refractivity contribution >= 4 is 17.6 Å². The molecule has 1 amide bonds. The molecule has 8 nitrogen and oxygen atoms in total. The van der Waals surface area contributed by atoms with E-state index in [0.29, 0.717) is 24.9 Å². The minimum absolute atomic E-state index is 0.0623. The first kappa shape index (κ1) is 16.7. The Morgan fingerprint density at radius 1 is 1.39 bits per heavy atom. The average Bonchev–Trinajstić information content (AvgIpc) is 2.54. The Kier molecular flexibility index (Phi) is 4.83. The van der Waals surface area contributed by atoms with Crippen LogP contribution in [0.2, 0.25) is 0 Å². The number of amides is 1. The fourth-order valence-electron chi connectivity index (χ4n) is 2.80. The lowest BCUT2D eigenvalue weighted by Gasteiger charge is -2.33. The molecule has 0 saturated carbocycles. The largest absolute Gasteiger partial charge is 0.496 e. The third kappa shape index (κ3) is 3.25. The van der Waals surface area contributed by atoms with E-state index < -0.39 is 22.8 Å². The van der Waals surface area contributed by atoms with E-state index in [0.717, 1.165) is 6.42 Å². The van der Waals surface area contributed by atoms with Crippen LogP contribution in [0.25, 0.3) is 0 Å². The van der Waals surface area contributed by atoms with E-state index in [2.05, 4.69) is 0 Å². The fourth-order valence-corrected chi connectivity index (χ4v) is 2.80. The number of methoxy groups -OCH3 is 1. The Morgan fingerprint density at radius 2 is 2.09 bits per heavy atom. The third-order valence-electron chi connectivity index (χ3n) is 4.04. The quantitative estimate of drug-likeness (QED) is 0.670. The molecule has 124 valence electrons. The summed E-state index contributed by atoms with van der Waals surface area (Å²) < 4.78 is 5.10. The molecule has 0 bridgehead atoms. The zero-order valence-corrected chi connectivity index (χ0v) is 12.9. The van der Waals surface area contributed by atoms with Crippen LogP contribution < -0.4 is 4.74 Å². The van der Waals surface area contributed by atoms with Crippen molar-refractivity contribution in [2.45, 2.75) is 32.2 Å². The van der Waals surface area contributed by atoms with Crippen LogP contribution in [0.15, 0.2) is 12.1 Å². The molecule has 0 aromatic heterocycles. The monoisotopic (exact) mass is 322 g/mol. The third-order valence-corrected chi connectivity index (χ3v) is 4.04. The van der Waals surface area contributed by atoms with E-state index in [1.54, 1.807) is 0 Å². The molecular weight excluding hydrogens is 304 g/mol. The van der Waals surface area contributed by atoms with E-state index >= 15 is 0 Å². The van der Waals surface area contributed by atoms with Crippen molar-refractivity contribution in [2.24, 2.45) is 0 Å². The molecule has 1 heterocycles. The first-order chi connectivity index (χ1) is 10.9. The average molecular weight is 322 g/mol. The number of benzene rings is 1. The van der Waals surface area contributed by atoms with Crippen molar-refractivity contribution in [3.8, 4) is 5.75 Å². The van der Waals surface area contributed by atoms with Crippen LogP contribution in [0.1, 0.15) is 35.2 Å². The van der Waals surface area contributed by atoms with Gasteiger partial charge in [-0.3, -0.25) is 14.9 Å². The molecule has 1 aromatic rings. The van der Waals surface area contributed by atoms with Crippen LogP contribution in [-0.4, -0.2) is 46.5 Å². The topological polar surface area (TPSA) is 110 Å². The number of ether oxygens (including phenoxy) is 1. The zero-order valence-electron chi connectivity index (χ0n) is 12.9. The summed E-state index contributed by atoms with van der Waals surface area (Å²) in [6.07, 6.45) is 1.82. The highest BCUT2D eigenvalue weighted by Crippen LogP contribution is 2.31. The molecule has 8 heteroatoms. The van der Waals surface area contributed by atoms with Gasteiger partial charge in [0.2, 0.25) is 0 Å². The minimum atomic E-state index is -1.06. The van der Waals surface area contributed by atoms with Crippen molar-refractivity contribution < 1.29 is 24.4 Å². The fraction of sp³-hybridized carbons (Fsp3) is 0.467. The van der Waals surface area contributed by atoms with Gasteiger partial charge in [0.25, 0.3) is 11.6 Å². The number of carboxylic acid groups (broad SMARTS) is 1. The summed E-state index contributed by atoms with van der Waals surface area (Å²) in [5.74, 6) is -1.36. The zero-order chi connectivity index (χ0) is 17.1. The number of carbonyl (C=O) groups is 2. The summed E-state index contributed by atoms with van der Waals surface area (Å²) in [7, 11) is 1.36. The maximum Gasteiger partial charge on any atom is 0.326 e. The molecule has 23 heavy (non-hydrogen) atoms. The van der Waals surface area contributed by atoms with Gasteiger partial charge in [0.1, 0.15) is 11.8 Å². The molecule has 1 N–H and O–H groups in total. The number of carbonyl (C=O) groups excluding carboxylic acids is 1. The van der Waals surface area contributed by atoms with Gasteiger partial charge in [-0.25, -0.2) is 4.79 Å². The molecule has 1 aromatic carbocycles. The maximum atomic E-state index is 12.7.